The number of hydrogen-bond acceptors (Lipinski definition) is 3. The maximum atomic E-state index is 4.49. The van der Waals surface area contributed by atoms with Crippen molar-refractivity contribution in [2.24, 2.45) is 0 Å². The van der Waals surface area contributed by atoms with Gasteiger partial charge in [0.2, 0.25) is 0 Å². The van der Waals surface area contributed by atoms with Gasteiger partial charge in [-0.2, -0.15) is 0 Å². The van der Waals surface area contributed by atoms with Crippen LogP contribution in [0.25, 0.3) is 0 Å². The van der Waals surface area contributed by atoms with Crippen LogP contribution >= 0.6 is 11.3 Å². The van der Waals surface area contributed by atoms with E-state index in [4.69, 9.17) is 0 Å². The van der Waals surface area contributed by atoms with Crippen molar-refractivity contribution < 1.29 is 0 Å². The van der Waals surface area contributed by atoms with Crippen molar-refractivity contribution in [2.75, 3.05) is 19.6 Å². The molecular formula is C11H18N2S. The third-order valence-electron chi connectivity index (χ3n) is 2.76. The van der Waals surface area contributed by atoms with Gasteiger partial charge >= 0.3 is 0 Å². The zero-order valence-corrected chi connectivity index (χ0v) is 9.65. The Bertz CT molecular complexity index is 277. The standard InChI is InChI=1S/C11H18N2S/c1-10-9-14-11(12-10)5-8-13-6-3-2-4-7-13/h9H,2-8H2,1H3. The van der Waals surface area contributed by atoms with Gasteiger partial charge in [0.1, 0.15) is 0 Å². The first-order valence-electron chi connectivity index (χ1n) is 5.48. The summed E-state index contributed by atoms with van der Waals surface area (Å²) < 4.78 is 0. The third-order valence-corrected chi connectivity index (χ3v) is 3.78. The fourth-order valence-corrected chi connectivity index (χ4v) is 2.72. The molecule has 2 heterocycles. The highest BCUT2D eigenvalue weighted by Gasteiger charge is 2.10. The van der Waals surface area contributed by atoms with Crippen LogP contribution in [-0.2, 0) is 6.42 Å². The van der Waals surface area contributed by atoms with Crippen LogP contribution in [0.4, 0.5) is 0 Å². The number of likely N-dealkylation sites (tertiary alicyclic amines) is 1. The first kappa shape index (κ1) is 10.1. The van der Waals surface area contributed by atoms with Gasteiger partial charge in [0, 0.05) is 24.0 Å². The summed E-state index contributed by atoms with van der Waals surface area (Å²) in [6, 6.07) is 0. The number of aryl methyl sites for hydroxylation is 1. The normalized spacial score (nSPS) is 18.6. The lowest BCUT2D eigenvalue weighted by atomic mass is 10.1. The summed E-state index contributed by atoms with van der Waals surface area (Å²) in [4.78, 5) is 7.06. The summed E-state index contributed by atoms with van der Waals surface area (Å²) in [5.74, 6) is 0. The predicted molar refractivity (Wildman–Crippen MR) is 60.8 cm³/mol. The quantitative estimate of drug-likeness (QED) is 0.762. The minimum absolute atomic E-state index is 1.14. The van der Waals surface area contributed by atoms with Crippen molar-refractivity contribution in [3.05, 3.63) is 16.1 Å². The molecule has 1 aromatic heterocycles. The minimum Gasteiger partial charge on any atom is -0.303 e. The molecule has 1 fully saturated rings. The zero-order valence-electron chi connectivity index (χ0n) is 8.83. The molecule has 0 unspecified atom stereocenters. The van der Waals surface area contributed by atoms with E-state index in [1.54, 1.807) is 11.3 Å². The summed E-state index contributed by atoms with van der Waals surface area (Å²) in [6.45, 7) is 5.86. The molecule has 3 heteroatoms. The molecule has 78 valence electrons. The van der Waals surface area contributed by atoms with Gasteiger partial charge in [-0.05, 0) is 32.9 Å². The van der Waals surface area contributed by atoms with Crippen molar-refractivity contribution in [3.63, 3.8) is 0 Å². The predicted octanol–water partition coefficient (Wildman–Crippen LogP) is 2.48. The van der Waals surface area contributed by atoms with Gasteiger partial charge in [0.15, 0.2) is 0 Å². The monoisotopic (exact) mass is 210 g/mol. The molecule has 1 saturated heterocycles. The second-order valence-corrected chi connectivity index (χ2v) is 4.98. The Morgan fingerprint density at radius 2 is 2.14 bits per heavy atom. The van der Waals surface area contributed by atoms with Crippen LogP contribution < -0.4 is 0 Å². The molecule has 1 aromatic rings. The first-order chi connectivity index (χ1) is 6.84. The zero-order chi connectivity index (χ0) is 9.80. The third kappa shape index (κ3) is 2.79. The van der Waals surface area contributed by atoms with Gasteiger partial charge in [-0.15, -0.1) is 11.3 Å². The van der Waals surface area contributed by atoms with Crippen LogP contribution in [-0.4, -0.2) is 29.5 Å². The topological polar surface area (TPSA) is 16.1 Å². The largest absolute Gasteiger partial charge is 0.303 e. The van der Waals surface area contributed by atoms with E-state index >= 15 is 0 Å². The Balaban J connectivity index is 1.76. The number of hydrogen-bond donors (Lipinski definition) is 0. The molecule has 0 atom stereocenters. The van der Waals surface area contributed by atoms with Crippen molar-refractivity contribution in [2.45, 2.75) is 32.6 Å². The lowest BCUT2D eigenvalue weighted by molar-refractivity contribution is 0.231. The van der Waals surface area contributed by atoms with Crippen LogP contribution in [0.5, 0.6) is 0 Å². The van der Waals surface area contributed by atoms with Gasteiger partial charge in [-0.3, -0.25) is 0 Å². The second kappa shape index (κ2) is 4.89. The first-order valence-corrected chi connectivity index (χ1v) is 6.36. The molecule has 0 amide bonds. The molecule has 14 heavy (non-hydrogen) atoms. The number of nitrogens with zero attached hydrogens (tertiary/aromatic N) is 2. The highest BCUT2D eigenvalue weighted by Crippen LogP contribution is 2.12. The Hall–Kier alpha value is -0.410. The molecule has 1 aliphatic rings. The summed E-state index contributed by atoms with van der Waals surface area (Å²) in [5.41, 5.74) is 1.17. The van der Waals surface area contributed by atoms with Crippen molar-refractivity contribution in [1.29, 1.82) is 0 Å². The summed E-state index contributed by atoms with van der Waals surface area (Å²) >= 11 is 1.80. The molecule has 0 aliphatic carbocycles. The van der Waals surface area contributed by atoms with Gasteiger partial charge in [-0.1, -0.05) is 6.42 Å². The SMILES string of the molecule is Cc1csc(CCN2CCCCC2)n1. The summed E-state index contributed by atoms with van der Waals surface area (Å²) in [6.07, 6.45) is 5.33. The Morgan fingerprint density at radius 3 is 2.79 bits per heavy atom. The average Bonchev–Trinajstić information content (AvgIpc) is 2.63. The lowest BCUT2D eigenvalue weighted by Gasteiger charge is -2.25. The highest BCUT2D eigenvalue weighted by molar-refractivity contribution is 7.09. The van der Waals surface area contributed by atoms with E-state index in [-0.39, 0.29) is 0 Å². The van der Waals surface area contributed by atoms with Gasteiger partial charge in [-0.25, -0.2) is 4.98 Å². The van der Waals surface area contributed by atoms with Crippen LogP contribution in [0, 0.1) is 6.92 Å². The van der Waals surface area contributed by atoms with Gasteiger partial charge in [0.05, 0.1) is 5.01 Å². The average molecular weight is 210 g/mol. The fourth-order valence-electron chi connectivity index (χ4n) is 1.95. The van der Waals surface area contributed by atoms with Gasteiger partial charge < -0.3 is 4.90 Å². The Morgan fingerprint density at radius 1 is 1.36 bits per heavy atom. The maximum Gasteiger partial charge on any atom is 0.0940 e. The van der Waals surface area contributed by atoms with Crippen LogP contribution in [0.3, 0.4) is 0 Å². The van der Waals surface area contributed by atoms with E-state index in [0.29, 0.717) is 0 Å². The van der Waals surface area contributed by atoms with Crippen LogP contribution in [0.15, 0.2) is 5.38 Å². The fraction of sp³-hybridized carbons (Fsp3) is 0.727. The van der Waals surface area contributed by atoms with E-state index in [1.165, 1.54) is 49.6 Å². The number of rotatable bonds is 3. The molecule has 1 aliphatic heterocycles. The summed E-state index contributed by atoms with van der Waals surface area (Å²) in [5, 5.41) is 3.44. The van der Waals surface area contributed by atoms with Crippen LogP contribution in [0.2, 0.25) is 0 Å². The van der Waals surface area contributed by atoms with E-state index in [1.807, 2.05) is 0 Å². The van der Waals surface area contributed by atoms with Crippen LogP contribution in [0.1, 0.15) is 30.0 Å². The molecule has 0 bridgehead atoms. The molecule has 0 saturated carbocycles. The molecule has 2 rings (SSSR count). The van der Waals surface area contributed by atoms with Crippen molar-refractivity contribution in [3.8, 4) is 0 Å². The van der Waals surface area contributed by atoms with E-state index in [2.05, 4.69) is 22.2 Å². The number of thiazole rings is 1. The lowest BCUT2D eigenvalue weighted by Crippen LogP contribution is -2.31. The molecule has 0 N–H and O–H groups in total. The highest BCUT2D eigenvalue weighted by atomic mass is 32.1. The Kier molecular flexibility index (Phi) is 3.54. The molecule has 0 spiro atoms. The second-order valence-electron chi connectivity index (χ2n) is 4.03. The van der Waals surface area contributed by atoms with Crippen molar-refractivity contribution >= 4 is 11.3 Å². The molecule has 2 nitrogen and oxygen atoms in total. The van der Waals surface area contributed by atoms with Crippen molar-refractivity contribution in [1.82, 2.24) is 9.88 Å². The molecule has 0 radical (unpaired) electrons. The summed E-state index contributed by atoms with van der Waals surface area (Å²) in [7, 11) is 0. The molecule has 0 aromatic carbocycles. The Labute approximate surface area is 90.0 Å². The van der Waals surface area contributed by atoms with E-state index in [0.717, 1.165) is 6.42 Å². The van der Waals surface area contributed by atoms with E-state index in [9.17, 15) is 0 Å². The van der Waals surface area contributed by atoms with E-state index < -0.39 is 0 Å². The van der Waals surface area contributed by atoms with Gasteiger partial charge in [0.25, 0.3) is 0 Å². The minimum atomic E-state index is 1.14. The maximum absolute atomic E-state index is 4.49. The number of aromatic nitrogens is 1. The smallest absolute Gasteiger partial charge is 0.0940 e. The number of piperidine rings is 1. The molecular weight excluding hydrogens is 192 g/mol.